The molecule has 94 valence electrons. The number of aromatic nitrogens is 3. The van der Waals surface area contributed by atoms with Crippen molar-refractivity contribution in [2.24, 2.45) is 5.73 Å². The molecule has 0 amide bonds. The van der Waals surface area contributed by atoms with E-state index in [1.807, 2.05) is 12.3 Å². The molecule has 1 saturated carbocycles. The van der Waals surface area contributed by atoms with Gasteiger partial charge >= 0.3 is 0 Å². The van der Waals surface area contributed by atoms with Crippen LogP contribution in [0.4, 0.5) is 0 Å². The van der Waals surface area contributed by atoms with E-state index in [4.69, 9.17) is 5.73 Å². The van der Waals surface area contributed by atoms with Gasteiger partial charge in [-0.05, 0) is 24.5 Å². The first-order chi connectivity index (χ1) is 8.80. The summed E-state index contributed by atoms with van der Waals surface area (Å²) in [6, 6.07) is 8.27. The number of nitrogens with two attached hydrogens (primary N) is 1. The summed E-state index contributed by atoms with van der Waals surface area (Å²) in [7, 11) is 0. The van der Waals surface area contributed by atoms with Crippen LogP contribution < -0.4 is 5.73 Å². The fourth-order valence-electron chi connectivity index (χ4n) is 2.88. The van der Waals surface area contributed by atoms with Crippen molar-refractivity contribution in [2.45, 2.75) is 37.6 Å². The summed E-state index contributed by atoms with van der Waals surface area (Å²) in [5.74, 6) is 0. The van der Waals surface area contributed by atoms with Crippen LogP contribution in [0.1, 0.15) is 37.7 Å². The maximum Gasteiger partial charge on any atom is 0.0714 e. The number of hydrogen-bond acceptors (Lipinski definition) is 3. The molecular formula is C14H18N4. The third-order valence-electron chi connectivity index (χ3n) is 3.86. The van der Waals surface area contributed by atoms with Crippen molar-refractivity contribution in [3.63, 3.8) is 0 Å². The number of para-hydroxylation sites is 1. The van der Waals surface area contributed by atoms with Crippen LogP contribution in [0.5, 0.6) is 0 Å². The molecule has 1 aromatic carbocycles. The number of benzene rings is 1. The van der Waals surface area contributed by atoms with E-state index in [0.717, 1.165) is 18.5 Å². The van der Waals surface area contributed by atoms with Crippen molar-refractivity contribution < 1.29 is 0 Å². The molecule has 0 bridgehead atoms. The Kier molecular flexibility index (Phi) is 2.88. The predicted molar refractivity (Wildman–Crippen MR) is 70.3 cm³/mol. The van der Waals surface area contributed by atoms with Gasteiger partial charge in [0, 0.05) is 5.54 Å². The van der Waals surface area contributed by atoms with Crippen molar-refractivity contribution in [2.75, 3.05) is 0 Å². The van der Waals surface area contributed by atoms with Gasteiger partial charge in [0.2, 0.25) is 0 Å². The summed E-state index contributed by atoms with van der Waals surface area (Å²) >= 11 is 0. The van der Waals surface area contributed by atoms with Gasteiger partial charge in [-0.1, -0.05) is 42.7 Å². The average molecular weight is 242 g/mol. The first kappa shape index (κ1) is 11.4. The molecule has 3 rings (SSSR count). The van der Waals surface area contributed by atoms with Crippen LogP contribution in [-0.2, 0) is 5.54 Å². The Labute approximate surface area is 107 Å². The first-order valence-corrected chi connectivity index (χ1v) is 6.55. The first-order valence-electron chi connectivity index (χ1n) is 6.55. The molecule has 2 aromatic rings. The van der Waals surface area contributed by atoms with Crippen LogP contribution in [0.25, 0.3) is 5.69 Å². The molecule has 4 nitrogen and oxygen atoms in total. The van der Waals surface area contributed by atoms with Crippen molar-refractivity contribution in [1.29, 1.82) is 0 Å². The maximum absolute atomic E-state index is 6.63. The highest BCUT2D eigenvalue weighted by Gasteiger charge is 2.31. The SMILES string of the molecule is NC1(c2ccccc2-n2ccnn2)CCCCC1. The summed E-state index contributed by atoms with van der Waals surface area (Å²) < 4.78 is 1.80. The van der Waals surface area contributed by atoms with Crippen molar-refractivity contribution in [3.8, 4) is 5.69 Å². The third kappa shape index (κ3) is 1.93. The summed E-state index contributed by atoms with van der Waals surface area (Å²) in [6.45, 7) is 0. The molecule has 1 aliphatic rings. The summed E-state index contributed by atoms with van der Waals surface area (Å²) in [6.07, 6.45) is 9.39. The Morgan fingerprint density at radius 3 is 2.61 bits per heavy atom. The summed E-state index contributed by atoms with van der Waals surface area (Å²) in [5.41, 5.74) is 8.66. The molecule has 1 aliphatic carbocycles. The third-order valence-corrected chi connectivity index (χ3v) is 3.86. The monoisotopic (exact) mass is 242 g/mol. The van der Waals surface area contributed by atoms with Crippen LogP contribution in [0.2, 0.25) is 0 Å². The minimum atomic E-state index is -0.208. The molecule has 1 heterocycles. The van der Waals surface area contributed by atoms with Crippen LogP contribution in [-0.4, -0.2) is 15.0 Å². The summed E-state index contributed by atoms with van der Waals surface area (Å²) in [4.78, 5) is 0. The smallest absolute Gasteiger partial charge is 0.0714 e. The predicted octanol–water partition coefficient (Wildman–Crippen LogP) is 2.39. The molecule has 0 aliphatic heterocycles. The normalized spacial score (nSPS) is 18.7. The van der Waals surface area contributed by atoms with Crippen LogP contribution in [0.3, 0.4) is 0 Å². The maximum atomic E-state index is 6.63. The van der Waals surface area contributed by atoms with Crippen molar-refractivity contribution in [3.05, 3.63) is 42.2 Å². The van der Waals surface area contributed by atoms with Gasteiger partial charge in [0.1, 0.15) is 0 Å². The largest absolute Gasteiger partial charge is 0.321 e. The fraction of sp³-hybridized carbons (Fsp3) is 0.429. The second-order valence-electron chi connectivity index (χ2n) is 5.08. The highest BCUT2D eigenvalue weighted by Crippen LogP contribution is 2.37. The van der Waals surface area contributed by atoms with Crippen LogP contribution in [0.15, 0.2) is 36.7 Å². The molecule has 1 aromatic heterocycles. The molecule has 2 N–H and O–H groups in total. The van der Waals surface area contributed by atoms with Crippen LogP contribution in [0, 0.1) is 0 Å². The van der Waals surface area contributed by atoms with Gasteiger partial charge < -0.3 is 5.73 Å². The lowest BCUT2D eigenvalue weighted by Crippen LogP contribution is -2.39. The second-order valence-corrected chi connectivity index (χ2v) is 5.08. The van der Waals surface area contributed by atoms with Crippen LogP contribution >= 0.6 is 0 Å². The minimum Gasteiger partial charge on any atom is -0.321 e. The zero-order chi connectivity index (χ0) is 12.4. The topological polar surface area (TPSA) is 56.7 Å². The standard InChI is InChI=1S/C14H18N4/c15-14(8-4-1-5-9-14)12-6-2-3-7-13(12)18-11-10-16-17-18/h2-3,6-7,10-11H,1,4-5,8-9,15H2. The Bertz CT molecular complexity index is 512. The summed E-state index contributed by atoms with van der Waals surface area (Å²) in [5, 5.41) is 7.96. The Morgan fingerprint density at radius 2 is 1.89 bits per heavy atom. The van der Waals surface area contributed by atoms with E-state index in [1.54, 1.807) is 10.9 Å². The number of hydrogen-bond donors (Lipinski definition) is 1. The van der Waals surface area contributed by atoms with Gasteiger partial charge in [0.25, 0.3) is 0 Å². The van der Waals surface area contributed by atoms with E-state index >= 15 is 0 Å². The van der Waals surface area contributed by atoms with Gasteiger partial charge in [-0.3, -0.25) is 0 Å². The number of rotatable bonds is 2. The fourth-order valence-corrected chi connectivity index (χ4v) is 2.88. The molecule has 0 saturated heterocycles. The van der Waals surface area contributed by atoms with Gasteiger partial charge in [-0.15, -0.1) is 5.10 Å². The number of nitrogens with zero attached hydrogens (tertiary/aromatic N) is 3. The molecule has 1 fully saturated rings. The Balaban J connectivity index is 2.06. The Morgan fingerprint density at radius 1 is 1.11 bits per heavy atom. The zero-order valence-electron chi connectivity index (χ0n) is 10.4. The van der Waals surface area contributed by atoms with E-state index < -0.39 is 0 Å². The van der Waals surface area contributed by atoms with Gasteiger partial charge in [0.15, 0.2) is 0 Å². The molecule has 0 radical (unpaired) electrons. The van der Waals surface area contributed by atoms with Gasteiger partial charge in [-0.25, -0.2) is 4.68 Å². The Hall–Kier alpha value is -1.68. The van der Waals surface area contributed by atoms with E-state index in [2.05, 4.69) is 28.5 Å². The van der Waals surface area contributed by atoms with Crippen molar-refractivity contribution >= 4 is 0 Å². The van der Waals surface area contributed by atoms with Gasteiger partial charge in [0.05, 0.1) is 18.1 Å². The quantitative estimate of drug-likeness (QED) is 0.879. The average Bonchev–Trinajstić information content (AvgIpc) is 2.93. The lowest BCUT2D eigenvalue weighted by atomic mass is 9.77. The molecule has 18 heavy (non-hydrogen) atoms. The van der Waals surface area contributed by atoms with E-state index in [1.165, 1.54) is 24.8 Å². The van der Waals surface area contributed by atoms with E-state index in [-0.39, 0.29) is 5.54 Å². The zero-order valence-corrected chi connectivity index (χ0v) is 10.4. The molecule has 0 spiro atoms. The lowest BCUT2D eigenvalue weighted by molar-refractivity contribution is 0.301. The molecule has 0 unspecified atom stereocenters. The highest BCUT2D eigenvalue weighted by atomic mass is 15.4. The molecular weight excluding hydrogens is 224 g/mol. The van der Waals surface area contributed by atoms with E-state index in [9.17, 15) is 0 Å². The minimum absolute atomic E-state index is 0.208. The van der Waals surface area contributed by atoms with Gasteiger partial charge in [-0.2, -0.15) is 0 Å². The lowest BCUT2D eigenvalue weighted by Gasteiger charge is -2.35. The highest BCUT2D eigenvalue weighted by molar-refractivity contribution is 5.44. The molecule has 0 atom stereocenters. The molecule has 4 heteroatoms. The van der Waals surface area contributed by atoms with E-state index in [0.29, 0.717) is 0 Å². The van der Waals surface area contributed by atoms with Crippen molar-refractivity contribution in [1.82, 2.24) is 15.0 Å². The second kappa shape index (κ2) is 4.53.